The summed E-state index contributed by atoms with van der Waals surface area (Å²) in [6, 6.07) is 6.32. The molecule has 1 fully saturated rings. The summed E-state index contributed by atoms with van der Waals surface area (Å²) in [6.07, 6.45) is 9.56. The van der Waals surface area contributed by atoms with Crippen LogP contribution >= 0.6 is 0 Å². The summed E-state index contributed by atoms with van der Waals surface area (Å²) in [6.45, 7) is 2.65. The number of nitrogens with zero attached hydrogens (tertiary/aromatic N) is 4. The highest BCUT2D eigenvalue weighted by Gasteiger charge is 2.23. The fourth-order valence-corrected chi connectivity index (χ4v) is 3.33. The Bertz CT molecular complexity index is 1140. The van der Waals surface area contributed by atoms with Crippen molar-refractivity contribution in [1.82, 2.24) is 24.8 Å². The molecule has 3 aromatic heterocycles. The van der Waals surface area contributed by atoms with E-state index in [4.69, 9.17) is 9.72 Å². The second-order valence-corrected chi connectivity index (χ2v) is 7.43. The van der Waals surface area contributed by atoms with Gasteiger partial charge in [0.2, 0.25) is 0 Å². The quantitative estimate of drug-likeness (QED) is 0.492. The molecule has 1 saturated carbocycles. The molecule has 3 heterocycles. The van der Waals surface area contributed by atoms with E-state index in [0.29, 0.717) is 29.7 Å². The molecule has 0 saturated heterocycles. The van der Waals surface area contributed by atoms with Gasteiger partial charge in [0.15, 0.2) is 5.65 Å². The molecular weight excluding hydrogens is 371 g/mol. The summed E-state index contributed by atoms with van der Waals surface area (Å²) in [5.41, 5.74) is 3.29. The maximum atomic E-state index is 13.9. The van der Waals surface area contributed by atoms with Crippen LogP contribution in [0, 0.1) is 11.7 Å². The number of nitrogens with one attached hydrogen (secondary N) is 2. The Morgan fingerprint density at radius 3 is 3.00 bits per heavy atom. The van der Waals surface area contributed by atoms with Gasteiger partial charge >= 0.3 is 0 Å². The first-order valence-corrected chi connectivity index (χ1v) is 9.69. The van der Waals surface area contributed by atoms with Crippen molar-refractivity contribution < 1.29 is 9.13 Å². The lowest BCUT2D eigenvalue weighted by Gasteiger charge is -2.19. The Kier molecular flexibility index (Phi) is 4.38. The molecule has 0 bridgehead atoms. The number of rotatable bonds is 7. The first-order valence-electron chi connectivity index (χ1n) is 9.69. The lowest BCUT2D eigenvalue weighted by atomic mass is 10.1. The van der Waals surface area contributed by atoms with Gasteiger partial charge in [0.1, 0.15) is 17.4 Å². The number of anilines is 1. The monoisotopic (exact) mass is 392 g/mol. The molecule has 5 rings (SSSR count). The molecule has 0 spiro atoms. The Labute approximate surface area is 166 Å². The van der Waals surface area contributed by atoms with Crippen LogP contribution in [0.25, 0.3) is 16.8 Å². The minimum absolute atomic E-state index is 0.185. The van der Waals surface area contributed by atoms with Crippen LogP contribution in [0.2, 0.25) is 0 Å². The largest absolute Gasteiger partial charge is 0.493 e. The number of hydrogen-bond acceptors (Lipinski definition) is 5. The predicted octanol–water partition coefficient (Wildman–Crippen LogP) is 4.22. The highest BCUT2D eigenvalue weighted by atomic mass is 19.1. The van der Waals surface area contributed by atoms with Crippen LogP contribution in [0.3, 0.4) is 0 Å². The third-order valence-corrected chi connectivity index (χ3v) is 5.15. The number of halogens is 1. The zero-order valence-corrected chi connectivity index (χ0v) is 16.0. The molecule has 148 valence electrons. The summed E-state index contributed by atoms with van der Waals surface area (Å²) in [5.74, 6) is 1.73. The molecule has 0 radical (unpaired) electrons. The molecule has 8 heteroatoms. The highest BCUT2D eigenvalue weighted by Crippen LogP contribution is 2.33. The molecule has 4 aromatic rings. The molecule has 0 aliphatic heterocycles. The van der Waals surface area contributed by atoms with Crippen molar-refractivity contribution in [3.05, 3.63) is 60.4 Å². The highest BCUT2D eigenvalue weighted by molar-refractivity contribution is 5.76. The topological polar surface area (TPSA) is 80.1 Å². The van der Waals surface area contributed by atoms with Gasteiger partial charge in [0, 0.05) is 29.1 Å². The fourth-order valence-electron chi connectivity index (χ4n) is 3.33. The smallest absolute Gasteiger partial charge is 0.165 e. The molecule has 0 amide bonds. The van der Waals surface area contributed by atoms with Gasteiger partial charge in [-0.25, -0.2) is 13.9 Å². The van der Waals surface area contributed by atoms with Gasteiger partial charge in [-0.1, -0.05) is 0 Å². The minimum atomic E-state index is -0.283. The summed E-state index contributed by atoms with van der Waals surface area (Å²) in [4.78, 5) is 4.71. The van der Waals surface area contributed by atoms with E-state index >= 15 is 0 Å². The minimum Gasteiger partial charge on any atom is -0.493 e. The van der Waals surface area contributed by atoms with Crippen LogP contribution in [-0.2, 0) is 0 Å². The number of ether oxygens (including phenoxy) is 1. The van der Waals surface area contributed by atoms with E-state index in [9.17, 15) is 4.39 Å². The number of H-pyrrole nitrogens is 1. The number of aromatic amines is 1. The third-order valence-electron chi connectivity index (χ3n) is 5.15. The summed E-state index contributed by atoms with van der Waals surface area (Å²) < 4.78 is 21.6. The Morgan fingerprint density at radius 2 is 2.21 bits per heavy atom. The molecule has 1 aliphatic carbocycles. The Balaban J connectivity index is 1.42. The fraction of sp³-hybridized carbons (Fsp3) is 0.286. The van der Waals surface area contributed by atoms with Crippen LogP contribution in [0.4, 0.5) is 10.2 Å². The Morgan fingerprint density at radius 1 is 1.31 bits per heavy atom. The van der Waals surface area contributed by atoms with E-state index in [1.54, 1.807) is 29.2 Å². The van der Waals surface area contributed by atoms with Crippen molar-refractivity contribution >= 4 is 11.5 Å². The van der Waals surface area contributed by atoms with E-state index in [2.05, 4.69) is 20.6 Å². The molecule has 7 nitrogen and oxygen atoms in total. The zero-order chi connectivity index (χ0) is 19.8. The van der Waals surface area contributed by atoms with E-state index in [1.807, 2.05) is 19.2 Å². The van der Waals surface area contributed by atoms with Crippen molar-refractivity contribution in [2.45, 2.75) is 25.8 Å². The van der Waals surface area contributed by atoms with Crippen molar-refractivity contribution in [3.63, 3.8) is 0 Å². The average Bonchev–Trinajstić information content (AvgIpc) is 3.21. The van der Waals surface area contributed by atoms with Gasteiger partial charge in [-0.3, -0.25) is 5.10 Å². The van der Waals surface area contributed by atoms with Crippen molar-refractivity contribution in [3.8, 4) is 16.9 Å². The van der Waals surface area contributed by atoms with Crippen molar-refractivity contribution in [2.75, 3.05) is 11.9 Å². The van der Waals surface area contributed by atoms with Crippen molar-refractivity contribution in [2.24, 2.45) is 5.92 Å². The van der Waals surface area contributed by atoms with Gasteiger partial charge in [0.05, 0.1) is 25.0 Å². The van der Waals surface area contributed by atoms with Crippen LogP contribution in [-0.4, -0.2) is 31.4 Å². The molecule has 2 N–H and O–H groups in total. The Hall–Kier alpha value is -3.42. The average molecular weight is 392 g/mol. The lowest BCUT2D eigenvalue weighted by molar-refractivity contribution is 0.295. The number of hydrogen-bond donors (Lipinski definition) is 2. The number of benzene rings is 1. The van der Waals surface area contributed by atoms with E-state index in [1.165, 1.54) is 25.0 Å². The van der Waals surface area contributed by atoms with E-state index in [-0.39, 0.29) is 11.9 Å². The molecule has 1 aliphatic rings. The van der Waals surface area contributed by atoms with Gasteiger partial charge in [-0.15, -0.1) is 0 Å². The van der Waals surface area contributed by atoms with E-state index in [0.717, 1.165) is 16.7 Å². The number of aromatic nitrogens is 5. The van der Waals surface area contributed by atoms with Crippen LogP contribution in [0.5, 0.6) is 5.75 Å². The molecule has 1 aromatic carbocycles. The van der Waals surface area contributed by atoms with E-state index < -0.39 is 0 Å². The zero-order valence-electron chi connectivity index (χ0n) is 16.0. The van der Waals surface area contributed by atoms with Crippen molar-refractivity contribution in [1.29, 1.82) is 0 Å². The second-order valence-electron chi connectivity index (χ2n) is 7.43. The predicted molar refractivity (Wildman–Crippen MR) is 107 cm³/mol. The summed E-state index contributed by atoms with van der Waals surface area (Å²) >= 11 is 0. The van der Waals surface area contributed by atoms with Gasteiger partial charge in [0.25, 0.3) is 0 Å². The maximum absolute atomic E-state index is 13.9. The van der Waals surface area contributed by atoms with Crippen LogP contribution < -0.4 is 10.1 Å². The maximum Gasteiger partial charge on any atom is 0.165 e. The molecule has 1 unspecified atom stereocenters. The van der Waals surface area contributed by atoms with Gasteiger partial charge < -0.3 is 10.1 Å². The molecular formula is C21H21FN6O. The second kappa shape index (κ2) is 7.20. The normalized spacial score (nSPS) is 14.8. The van der Waals surface area contributed by atoms with Gasteiger partial charge in [-0.05, 0) is 49.9 Å². The summed E-state index contributed by atoms with van der Waals surface area (Å²) in [7, 11) is 0. The molecule has 29 heavy (non-hydrogen) atoms. The number of fused-ring (bicyclic) bond motifs is 1. The van der Waals surface area contributed by atoms with Crippen LogP contribution in [0.15, 0.2) is 49.1 Å². The van der Waals surface area contributed by atoms with Gasteiger partial charge in [-0.2, -0.15) is 10.2 Å². The third kappa shape index (κ3) is 3.65. The van der Waals surface area contributed by atoms with Crippen LogP contribution in [0.1, 0.15) is 31.4 Å². The first kappa shape index (κ1) is 17.7. The standard InChI is InChI=1S/C21H21FN6O/c1-13(17-8-16(22)4-5-19(17)29-12-14-2-3-14)26-20-6-7-28-21(27-20)18(11-25-28)15-9-23-24-10-15/h4-11,13-14H,2-3,12H2,1H3,(H,23,24)(H,26,27). The first-order chi connectivity index (χ1) is 14.2. The lowest BCUT2D eigenvalue weighted by Crippen LogP contribution is -2.11. The molecule has 1 atom stereocenters. The summed E-state index contributed by atoms with van der Waals surface area (Å²) in [5, 5.41) is 14.5. The SMILES string of the molecule is CC(Nc1ccn2ncc(-c3cn[nH]c3)c2n1)c1cc(F)ccc1OCC1CC1.